The summed E-state index contributed by atoms with van der Waals surface area (Å²) in [5, 5.41) is 0.0760. The van der Waals surface area contributed by atoms with Crippen molar-refractivity contribution in [3.63, 3.8) is 0 Å². The van der Waals surface area contributed by atoms with Gasteiger partial charge in [-0.15, -0.1) is 0 Å². The van der Waals surface area contributed by atoms with Crippen molar-refractivity contribution in [1.29, 1.82) is 0 Å². The highest BCUT2D eigenvalue weighted by Crippen LogP contribution is 2.21. The lowest BCUT2D eigenvalue weighted by molar-refractivity contribution is 0.463. The van der Waals surface area contributed by atoms with Crippen LogP contribution in [0, 0.1) is 6.92 Å². The molecule has 0 atom stereocenters. The minimum atomic E-state index is -3.58. The van der Waals surface area contributed by atoms with Crippen molar-refractivity contribution in [2.75, 3.05) is 7.05 Å². The second-order valence-corrected chi connectivity index (χ2v) is 7.44. The van der Waals surface area contributed by atoms with Gasteiger partial charge in [0, 0.05) is 31.3 Å². The largest absolute Gasteiger partial charge is 0.337 e. The van der Waals surface area contributed by atoms with Gasteiger partial charge in [0.1, 0.15) is 5.82 Å². The lowest BCUT2D eigenvalue weighted by Crippen LogP contribution is -2.27. The fraction of sp³-hybridized carbons (Fsp3) is 0.308. The molecule has 0 saturated heterocycles. The highest BCUT2D eigenvalue weighted by Gasteiger charge is 2.24. The molecule has 20 heavy (non-hydrogen) atoms. The van der Waals surface area contributed by atoms with Crippen molar-refractivity contribution in [2.45, 2.75) is 18.5 Å². The van der Waals surface area contributed by atoms with Crippen molar-refractivity contribution in [1.82, 2.24) is 13.9 Å². The molecule has 0 aliphatic heterocycles. The predicted molar refractivity (Wildman–Crippen MR) is 80.7 cm³/mol. The van der Waals surface area contributed by atoms with Gasteiger partial charge in [0.05, 0.1) is 0 Å². The Hall–Kier alpha value is -1.18. The Balaban J connectivity index is 2.28. The molecule has 5 nitrogen and oxygen atoms in total. The maximum Gasteiger partial charge on any atom is 0.262 e. The number of rotatable bonds is 4. The SMILES string of the molecule is Cc1nc(S(=O)(=O)N(C)Cc2ccccc2Br)cn1C. The average Bonchev–Trinajstić information content (AvgIpc) is 2.73. The summed E-state index contributed by atoms with van der Waals surface area (Å²) in [6.07, 6.45) is 1.53. The van der Waals surface area contributed by atoms with E-state index in [0.717, 1.165) is 10.0 Å². The van der Waals surface area contributed by atoms with Crippen LogP contribution in [-0.2, 0) is 23.6 Å². The van der Waals surface area contributed by atoms with E-state index in [2.05, 4.69) is 20.9 Å². The number of aromatic nitrogens is 2. The Morgan fingerprint density at radius 1 is 1.35 bits per heavy atom. The van der Waals surface area contributed by atoms with Gasteiger partial charge in [-0.1, -0.05) is 34.1 Å². The number of halogens is 1. The van der Waals surface area contributed by atoms with Crippen molar-refractivity contribution in [3.8, 4) is 0 Å². The van der Waals surface area contributed by atoms with Gasteiger partial charge in [-0.05, 0) is 18.6 Å². The van der Waals surface area contributed by atoms with Gasteiger partial charge < -0.3 is 4.57 Å². The number of imidazole rings is 1. The zero-order valence-corrected chi connectivity index (χ0v) is 13.9. The van der Waals surface area contributed by atoms with E-state index in [1.54, 1.807) is 25.6 Å². The van der Waals surface area contributed by atoms with Crippen LogP contribution in [0.3, 0.4) is 0 Å². The molecular weight excluding hydrogens is 342 g/mol. The highest BCUT2D eigenvalue weighted by atomic mass is 79.9. The van der Waals surface area contributed by atoms with Gasteiger partial charge in [-0.25, -0.2) is 13.4 Å². The van der Waals surface area contributed by atoms with E-state index < -0.39 is 10.0 Å². The molecule has 1 aromatic heterocycles. The topological polar surface area (TPSA) is 55.2 Å². The van der Waals surface area contributed by atoms with Crippen LogP contribution in [0.1, 0.15) is 11.4 Å². The molecule has 0 aliphatic rings. The standard InChI is InChI=1S/C13H16BrN3O2S/c1-10-15-13(9-16(10)2)20(18,19)17(3)8-11-6-4-5-7-12(11)14/h4-7,9H,8H2,1-3H3. The van der Waals surface area contributed by atoms with Crippen molar-refractivity contribution in [3.05, 3.63) is 46.3 Å². The van der Waals surface area contributed by atoms with Crippen LogP contribution in [0.15, 0.2) is 40.0 Å². The third kappa shape index (κ3) is 2.94. The molecule has 0 saturated carbocycles. The molecule has 0 spiro atoms. The average molecular weight is 358 g/mol. The molecular formula is C13H16BrN3O2S. The summed E-state index contributed by atoms with van der Waals surface area (Å²) in [5.74, 6) is 0.665. The molecule has 2 aromatic rings. The van der Waals surface area contributed by atoms with Gasteiger partial charge in [-0.3, -0.25) is 0 Å². The Morgan fingerprint density at radius 2 is 2.00 bits per heavy atom. The van der Waals surface area contributed by atoms with Crippen LogP contribution in [0.2, 0.25) is 0 Å². The van der Waals surface area contributed by atoms with Crippen LogP contribution in [-0.4, -0.2) is 29.3 Å². The smallest absolute Gasteiger partial charge is 0.262 e. The molecule has 0 bridgehead atoms. The molecule has 0 unspecified atom stereocenters. The van der Waals surface area contributed by atoms with Crippen LogP contribution >= 0.6 is 15.9 Å². The molecule has 1 aromatic carbocycles. The third-order valence-electron chi connectivity index (χ3n) is 3.11. The molecule has 0 N–H and O–H groups in total. The lowest BCUT2D eigenvalue weighted by Gasteiger charge is -2.16. The van der Waals surface area contributed by atoms with Crippen LogP contribution < -0.4 is 0 Å². The Bertz CT molecular complexity index is 705. The molecule has 1 heterocycles. The van der Waals surface area contributed by atoms with E-state index in [1.807, 2.05) is 24.3 Å². The van der Waals surface area contributed by atoms with Crippen LogP contribution in [0.25, 0.3) is 0 Å². The zero-order valence-electron chi connectivity index (χ0n) is 11.5. The number of sulfonamides is 1. The molecule has 0 amide bonds. The van der Waals surface area contributed by atoms with Gasteiger partial charge in [0.15, 0.2) is 5.03 Å². The van der Waals surface area contributed by atoms with Crippen molar-refractivity contribution in [2.24, 2.45) is 7.05 Å². The molecule has 108 valence electrons. The fourth-order valence-corrected chi connectivity index (χ4v) is 3.34. The lowest BCUT2D eigenvalue weighted by atomic mass is 10.2. The molecule has 0 fully saturated rings. The number of benzene rings is 1. The molecule has 0 radical (unpaired) electrons. The van der Waals surface area contributed by atoms with E-state index in [0.29, 0.717) is 12.4 Å². The zero-order chi connectivity index (χ0) is 14.9. The number of aryl methyl sites for hydroxylation is 2. The summed E-state index contributed by atoms with van der Waals surface area (Å²) in [4.78, 5) is 4.09. The van der Waals surface area contributed by atoms with Gasteiger partial charge in [-0.2, -0.15) is 4.31 Å². The minimum absolute atomic E-state index is 0.0760. The summed E-state index contributed by atoms with van der Waals surface area (Å²) >= 11 is 3.42. The first kappa shape index (κ1) is 15.2. The third-order valence-corrected chi connectivity index (χ3v) is 5.56. The van der Waals surface area contributed by atoms with Crippen molar-refractivity contribution < 1.29 is 8.42 Å². The molecule has 7 heteroatoms. The van der Waals surface area contributed by atoms with Gasteiger partial charge in [0.2, 0.25) is 0 Å². The summed E-state index contributed by atoms with van der Waals surface area (Å²) < 4.78 is 28.8. The van der Waals surface area contributed by atoms with Gasteiger partial charge >= 0.3 is 0 Å². The monoisotopic (exact) mass is 357 g/mol. The van der Waals surface area contributed by atoms with E-state index >= 15 is 0 Å². The van der Waals surface area contributed by atoms with Crippen LogP contribution in [0.5, 0.6) is 0 Å². The van der Waals surface area contributed by atoms with E-state index in [-0.39, 0.29) is 5.03 Å². The van der Waals surface area contributed by atoms with E-state index in [4.69, 9.17) is 0 Å². The predicted octanol–water partition coefficient (Wildman–Crippen LogP) is 2.31. The molecule has 0 aliphatic carbocycles. The number of hydrogen-bond donors (Lipinski definition) is 0. The van der Waals surface area contributed by atoms with E-state index in [9.17, 15) is 8.42 Å². The van der Waals surface area contributed by atoms with Crippen LogP contribution in [0.4, 0.5) is 0 Å². The second-order valence-electron chi connectivity index (χ2n) is 4.59. The first-order chi connectivity index (χ1) is 9.32. The first-order valence-electron chi connectivity index (χ1n) is 6.02. The van der Waals surface area contributed by atoms with E-state index in [1.165, 1.54) is 10.5 Å². The summed E-state index contributed by atoms with van der Waals surface area (Å²) in [6, 6.07) is 7.55. The normalized spacial score (nSPS) is 12.1. The number of hydrogen-bond acceptors (Lipinski definition) is 3. The molecule has 2 rings (SSSR count). The summed E-state index contributed by atoms with van der Waals surface area (Å²) in [6.45, 7) is 2.06. The fourth-order valence-electron chi connectivity index (χ4n) is 1.76. The Morgan fingerprint density at radius 3 is 2.55 bits per heavy atom. The first-order valence-corrected chi connectivity index (χ1v) is 8.25. The van der Waals surface area contributed by atoms with Gasteiger partial charge in [0.25, 0.3) is 10.0 Å². The second kappa shape index (κ2) is 5.67. The Labute approximate surface area is 127 Å². The highest BCUT2D eigenvalue weighted by molar-refractivity contribution is 9.10. The maximum absolute atomic E-state index is 12.4. The summed E-state index contributed by atoms with van der Waals surface area (Å²) in [7, 11) is -0.248. The summed E-state index contributed by atoms with van der Waals surface area (Å²) in [5.41, 5.74) is 0.909. The quantitative estimate of drug-likeness (QED) is 0.843. The minimum Gasteiger partial charge on any atom is -0.337 e. The number of nitrogens with zero attached hydrogens (tertiary/aromatic N) is 3. The van der Waals surface area contributed by atoms with Crippen molar-refractivity contribution >= 4 is 26.0 Å². The maximum atomic E-state index is 12.4. The Kier molecular flexibility index (Phi) is 4.31.